The van der Waals surface area contributed by atoms with Crippen LogP contribution in [0.3, 0.4) is 0 Å². The molecule has 1 heterocycles. The Morgan fingerprint density at radius 2 is 1.70 bits per heavy atom. The van der Waals surface area contributed by atoms with Crippen molar-refractivity contribution in [2.45, 2.75) is 13.0 Å². The number of rotatable bonds is 6. The van der Waals surface area contributed by atoms with Gasteiger partial charge in [-0.15, -0.1) is 0 Å². The molecule has 7 heteroatoms. The molecule has 0 spiro atoms. The SMILES string of the molecule is CC(NC(=O)CN1CCN(c2ccccc2[N+](=O)[O-])CC1)c1ccccc1. The van der Waals surface area contributed by atoms with Crippen LogP contribution >= 0.6 is 0 Å². The van der Waals surface area contributed by atoms with Crippen molar-refractivity contribution in [2.75, 3.05) is 37.6 Å². The molecule has 1 N–H and O–H groups in total. The molecular weight excluding hydrogens is 344 g/mol. The van der Waals surface area contributed by atoms with E-state index < -0.39 is 0 Å². The fourth-order valence-corrected chi connectivity index (χ4v) is 3.35. The van der Waals surface area contributed by atoms with E-state index in [0.29, 0.717) is 38.4 Å². The van der Waals surface area contributed by atoms with Crippen LogP contribution in [0.25, 0.3) is 0 Å². The number of piperazine rings is 1. The third-order valence-corrected chi connectivity index (χ3v) is 4.84. The first-order valence-electron chi connectivity index (χ1n) is 9.09. The Morgan fingerprint density at radius 3 is 2.37 bits per heavy atom. The van der Waals surface area contributed by atoms with E-state index in [1.54, 1.807) is 12.1 Å². The maximum Gasteiger partial charge on any atom is 0.292 e. The van der Waals surface area contributed by atoms with Gasteiger partial charge in [0, 0.05) is 32.2 Å². The highest BCUT2D eigenvalue weighted by atomic mass is 16.6. The van der Waals surface area contributed by atoms with Gasteiger partial charge in [-0.1, -0.05) is 42.5 Å². The average Bonchev–Trinajstić information content (AvgIpc) is 2.69. The van der Waals surface area contributed by atoms with E-state index in [-0.39, 0.29) is 22.6 Å². The van der Waals surface area contributed by atoms with E-state index in [0.717, 1.165) is 5.56 Å². The Balaban J connectivity index is 1.51. The normalized spacial score (nSPS) is 16.0. The minimum Gasteiger partial charge on any atom is -0.363 e. The van der Waals surface area contributed by atoms with Crippen molar-refractivity contribution in [2.24, 2.45) is 0 Å². The van der Waals surface area contributed by atoms with Gasteiger partial charge in [0.1, 0.15) is 5.69 Å². The summed E-state index contributed by atoms with van der Waals surface area (Å²) in [6.45, 7) is 5.01. The van der Waals surface area contributed by atoms with E-state index in [1.807, 2.05) is 48.2 Å². The van der Waals surface area contributed by atoms with Gasteiger partial charge in [-0.2, -0.15) is 0 Å². The fourth-order valence-electron chi connectivity index (χ4n) is 3.35. The lowest BCUT2D eigenvalue weighted by Crippen LogP contribution is -2.49. The van der Waals surface area contributed by atoms with Gasteiger partial charge in [-0.3, -0.25) is 19.8 Å². The second-order valence-corrected chi connectivity index (χ2v) is 6.71. The standard InChI is InChI=1S/C20H24N4O3/c1-16(17-7-3-2-4-8-17)21-20(25)15-22-11-13-23(14-12-22)18-9-5-6-10-19(18)24(26)27/h2-10,16H,11-15H2,1H3,(H,21,25). The predicted molar refractivity (Wildman–Crippen MR) is 105 cm³/mol. The van der Waals surface area contributed by atoms with Gasteiger partial charge < -0.3 is 10.2 Å². The van der Waals surface area contributed by atoms with Gasteiger partial charge in [0.25, 0.3) is 5.69 Å². The summed E-state index contributed by atoms with van der Waals surface area (Å²) >= 11 is 0. The van der Waals surface area contributed by atoms with Crippen molar-refractivity contribution in [3.05, 3.63) is 70.3 Å². The maximum absolute atomic E-state index is 12.3. The number of carbonyl (C=O) groups excluding carboxylic acids is 1. The molecule has 1 fully saturated rings. The van der Waals surface area contributed by atoms with E-state index in [2.05, 4.69) is 10.2 Å². The second-order valence-electron chi connectivity index (χ2n) is 6.71. The summed E-state index contributed by atoms with van der Waals surface area (Å²) in [7, 11) is 0. The zero-order valence-electron chi connectivity index (χ0n) is 15.4. The molecule has 1 amide bonds. The molecule has 0 saturated carbocycles. The van der Waals surface area contributed by atoms with Crippen LogP contribution in [0.5, 0.6) is 0 Å². The molecule has 7 nitrogen and oxygen atoms in total. The summed E-state index contributed by atoms with van der Waals surface area (Å²) in [6, 6.07) is 16.6. The van der Waals surface area contributed by atoms with Crippen molar-refractivity contribution in [1.29, 1.82) is 0 Å². The van der Waals surface area contributed by atoms with Crippen molar-refractivity contribution < 1.29 is 9.72 Å². The number of nitro groups is 1. The van der Waals surface area contributed by atoms with Crippen molar-refractivity contribution in [3.8, 4) is 0 Å². The van der Waals surface area contributed by atoms with Crippen LogP contribution < -0.4 is 10.2 Å². The Labute approximate surface area is 158 Å². The van der Waals surface area contributed by atoms with Crippen molar-refractivity contribution in [1.82, 2.24) is 10.2 Å². The first-order chi connectivity index (χ1) is 13.0. The molecular formula is C20H24N4O3. The molecule has 0 bridgehead atoms. The first-order valence-corrected chi connectivity index (χ1v) is 9.09. The Morgan fingerprint density at radius 1 is 1.07 bits per heavy atom. The largest absolute Gasteiger partial charge is 0.363 e. The minimum absolute atomic E-state index is 0.00880. The number of carbonyl (C=O) groups is 1. The third-order valence-electron chi connectivity index (χ3n) is 4.84. The monoisotopic (exact) mass is 368 g/mol. The average molecular weight is 368 g/mol. The zero-order chi connectivity index (χ0) is 19.2. The Hall–Kier alpha value is -2.93. The number of para-hydroxylation sites is 2. The van der Waals surface area contributed by atoms with Crippen LogP contribution in [-0.4, -0.2) is 48.5 Å². The highest BCUT2D eigenvalue weighted by Crippen LogP contribution is 2.28. The molecule has 0 aliphatic carbocycles. The molecule has 142 valence electrons. The first kappa shape index (κ1) is 18.8. The topological polar surface area (TPSA) is 78.7 Å². The summed E-state index contributed by atoms with van der Waals surface area (Å²) < 4.78 is 0. The number of nitrogens with zero attached hydrogens (tertiary/aromatic N) is 3. The summed E-state index contributed by atoms with van der Waals surface area (Å²) in [5.74, 6) is -0.00880. The quantitative estimate of drug-likeness (QED) is 0.626. The van der Waals surface area contributed by atoms with E-state index in [4.69, 9.17) is 0 Å². The lowest BCUT2D eigenvalue weighted by Gasteiger charge is -2.35. The van der Waals surface area contributed by atoms with Crippen molar-refractivity contribution >= 4 is 17.3 Å². The lowest BCUT2D eigenvalue weighted by molar-refractivity contribution is -0.384. The molecule has 1 unspecified atom stereocenters. The molecule has 0 radical (unpaired) electrons. The van der Waals surface area contributed by atoms with Crippen molar-refractivity contribution in [3.63, 3.8) is 0 Å². The number of nitrogens with one attached hydrogen (secondary N) is 1. The smallest absolute Gasteiger partial charge is 0.292 e. The number of amides is 1. The Kier molecular flexibility index (Phi) is 6.03. The van der Waals surface area contributed by atoms with Gasteiger partial charge in [-0.25, -0.2) is 0 Å². The number of benzene rings is 2. The van der Waals surface area contributed by atoms with Gasteiger partial charge in [0.2, 0.25) is 5.91 Å². The second kappa shape index (κ2) is 8.64. The molecule has 1 aliphatic rings. The maximum atomic E-state index is 12.3. The van der Waals surface area contributed by atoms with Crippen LogP contribution in [0.2, 0.25) is 0 Å². The van der Waals surface area contributed by atoms with Gasteiger partial charge in [-0.05, 0) is 18.6 Å². The van der Waals surface area contributed by atoms with Crippen LogP contribution in [-0.2, 0) is 4.79 Å². The summed E-state index contributed by atoms with van der Waals surface area (Å²) in [5, 5.41) is 14.2. The van der Waals surface area contributed by atoms with Gasteiger partial charge in [0.05, 0.1) is 17.5 Å². The lowest BCUT2D eigenvalue weighted by atomic mass is 10.1. The number of anilines is 1. The van der Waals surface area contributed by atoms with Gasteiger partial charge >= 0.3 is 0 Å². The zero-order valence-corrected chi connectivity index (χ0v) is 15.4. The van der Waals surface area contributed by atoms with Gasteiger partial charge in [0.15, 0.2) is 0 Å². The highest BCUT2D eigenvalue weighted by molar-refractivity contribution is 5.78. The molecule has 1 aliphatic heterocycles. The third kappa shape index (κ3) is 4.83. The molecule has 1 saturated heterocycles. The van der Waals surface area contributed by atoms with E-state index in [1.165, 1.54) is 6.07 Å². The van der Waals surface area contributed by atoms with Crippen LogP contribution in [0.1, 0.15) is 18.5 Å². The number of hydrogen-bond acceptors (Lipinski definition) is 5. The summed E-state index contributed by atoms with van der Waals surface area (Å²) in [5.41, 5.74) is 1.84. The minimum atomic E-state index is -0.347. The molecule has 3 rings (SSSR count). The Bertz CT molecular complexity index is 789. The fraction of sp³-hybridized carbons (Fsp3) is 0.350. The summed E-state index contributed by atoms with van der Waals surface area (Å²) in [6.07, 6.45) is 0. The highest BCUT2D eigenvalue weighted by Gasteiger charge is 2.24. The van der Waals surface area contributed by atoms with E-state index >= 15 is 0 Å². The number of nitro benzene ring substituents is 1. The molecule has 1 atom stereocenters. The molecule has 0 aromatic heterocycles. The molecule has 2 aromatic carbocycles. The number of hydrogen-bond donors (Lipinski definition) is 1. The van der Waals surface area contributed by atoms with Crippen LogP contribution in [0, 0.1) is 10.1 Å². The molecule has 27 heavy (non-hydrogen) atoms. The molecule has 2 aromatic rings. The van der Waals surface area contributed by atoms with Crippen LogP contribution in [0.15, 0.2) is 54.6 Å². The van der Waals surface area contributed by atoms with E-state index in [9.17, 15) is 14.9 Å². The predicted octanol–water partition coefficient (Wildman–Crippen LogP) is 2.59. The van der Waals surface area contributed by atoms with Crippen LogP contribution in [0.4, 0.5) is 11.4 Å². The summed E-state index contributed by atoms with van der Waals surface area (Å²) in [4.78, 5) is 27.3.